The fourth-order valence-corrected chi connectivity index (χ4v) is 0.823. The summed E-state index contributed by atoms with van der Waals surface area (Å²) in [6.07, 6.45) is 0. The molecule has 0 aliphatic heterocycles. The van der Waals surface area contributed by atoms with Crippen LogP contribution in [0.25, 0.3) is 0 Å². The Morgan fingerprint density at radius 3 is 2.09 bits per heavy atom. The van der Waals surface area contributed by atoms with Crippen LogP contribution in [-0.4, -0.2) is 0 Å². The van der Waals surface area contributed by atoms with E-state index < -0.39 is 0 Å². The van der Waals surface area contributed by atoms with Crippen molar-refractivity contribution in [3.63, 3.8) is 0 Å². The highest BCUT2D eigenvalue weighted by atomic mass is 35.5. The van der Waals surface area contributed by atoms with E-state index >= 15 is 0 Å². The molecule has 2 N–H and O–H groups in total. The number of halogens is 3. The van der Waals surface area contributed by atoms with Gasteiger partial charge in [0.15, 0.2) is 0 Å². The van der Waals surface area contributed by atoms with Crippen molar-refractivity contribution in [3.8, 4) is 0 Å². The summed E-state index contributed by atoms with van der Waals surface area (Å²) in [5, 5.41) is 0.708. The Balaban J connectivity index is 0.000001000. The van der Waals surface area contributed by atoms with Crippen LogP contribution in [0, 0.1) is 0 Å². The monoisotopic (exact) mass is 212 g/mol. The second kappa shape index (κ2) is 5.49. The van der Waals surface area contributed by atoms with E-state index in [1.54, 1.807) is 12.1 Å². The van der Waals surface area contributed by atoms with Crippen LogP contribution in [-0.2, 0) is 0 Å². The van der Waals surface area contributed by atoms with E-state index in [1.165, 1.54) is 0 Å². The number of hydrazine groups is 1. The quantitative estimate of drug-likeness (QED) is 0.583. The van der Waals surface area contributed by atoms with Gasteiger partial charge < -0.3 is 5.43 Å². The van der Waals surface area contributed by atoms with Gasteiger partial charge in [-0.05, 0) is 36.0 Å². The molecule has 0 amide bonds. The lowest BCUT2D eigenvalue weighted by molar-refractivity contribution is 1.20. The number of anilines is 1. The summed E-state index contributed by atoms with van der Waals surface area (Å²) >= 11 is 10.8. The Morgan fingerprint density at radius 1 is 1.09 bits per heavy atom. The SMILES string of the molecule is Cl.ClNNc1ccc(Cl)cc1. The summed E-state index contributed by atoms with van der Waals surface area (Å²) in [4.78, 5) is 2.28. The molecule has 0 aliphatic carbocycles. The molecule has 5 heteroatoms. The molecule has 0 unspecified atom stereocenters. The van der Waals surface area contributed by atoms with Crippen molar-refractivity contribution < 1.29 is 0 Å². The lowest BCUT2D eigenvalue weighted by Gasteiger charge is -2.00. The van der Waals surface area contributed by atoms with Gasteiger partial charge in [-0.15, -0.1) is 17.4 Å². The molecule has 0 atom stereocenters. The molecule has 2 nitrogen and oxygen atoms in total. The van der Waals surface area contributed by atoms with Crippen molar-refractivity contribution in [2.45, 2.75) is 0 Å². The van der Waals surface area contributed by atoms with Crippen molar-refractivity contribution in [3.05, 3.63) is 29.3 Å². The first-order valence-electron chi connectivity index (χ1n) is 2.70. The highest BCUT2D eigenvalue weighted by Crippen LogP contribution is 2.12. The van der Waals surface area contributed by atoms with Crippen LogP contribution in [0.1, 0.15) is 0 Å². The van der Waals surface area contributed by atoms with Gasteiger partial charge in [-0.2, -0.15) is 0 Å². The zero-order chi connectivity index (χ0) is 7.40. The third kappa shape index (κ3) is 3.68. The van der Waals surface area contributed by atoms with E-state index in [2.05, 4.69) is 10.4 Å². The van der Waals surface area contributed by atoms with E-state index in [9.17, 15) is 0 Å². The fourth-order valence-electron chi connectivity index (χ4n) is 0.588. The van der Waals surface area contributed by atoms with Gasteiger partial charge in [-0.25, -0.2) is 0 Å². The van der Waals surface area contributed by atoms with Crippen LogP contribution >= 0.6 is 35.8 Å². The molecule has 1 rings (SSSR count). The van der Waals surface area contributed by atoms with E-state index in [-0.39, 0.29) is 12.4 Å². The van der Waals surface area contributed by atoms with Crippen LogP contribution in [0.2, 0.25) is 5.02 Å². The maximum Gasteiger partial charge on any atom is 0.0501 e. The topological polar surface area (TPSA) is 24.1 Å². The van der Waals surface area contributed by atoms with Gasteiger partial charge in [-0.1, -0.05) is 11.6 Å². The number of benzene rings is 1. The van der Waals surface area contributed by atoms with Gasteiger partial charge in [0, 0.05) is 5.02 Å². The molecule has 11 heavy (non-hydrogen) atoms. The van der Waals surface area contributed by atoms with E-state index in [0.717, 1.165) is 5.69 Å². The predicted octanol–water partition coefficient (Wildman–Crippen LogP) is 2.83. The zero-order valence-corrected chi connectivity index (χ0v) is 7.80. The molecule has 0 radical (unpaired) electrons. The second-order valence-electron chi connectivity index (χ2n) is 1.73. The van der Waals surface area contributed by atoms with Crippen LogP contribution in [0.4, 0.5) is 5.69 Å². The summed E-state index contributed by atoms with van der Waals surface area (Å²) < 4.78 is 0. The molecule has 0 fully saturated rings. The number of hydrogen-bond donors (Lipinski definition) is 2. The molecule has 0 aliphatic rings. The standard InChI is InChI=1S/C6H6Cl2N2.ClH/c7-5-1-3-6(4-2-5)9-10-8;/h1-4,9-10H;1H. The van der Waals surface area contributed by atoms with Gasteiger partial charge in [0.05, 0.1) is 5.69 Å². The first-order chi connectivity index (χ1) is 4.83. The minimum atomic E-state index is 0. The summed E-state index contributed by atoms with van der Waals surface area (Å²) in [6, 6.07) is 7.19. The third-order valence-electron chi connectivity index (χ3n) is 1.04. The molecule has 0 spiro atoms. The minimum absolute atomic E-state index is 0. The Kier molecular flexibility index (Phi) is 5.42. The molecule has 0 saturated carbocycles. The molecular weight excluding hydrogens is 206 g/mol. The molecule has 0 aromatic heterocycles. The fraction of sp³-hybridized carbons (Fsp3) is 0. The predicted molar refractivity (Wildman–Crippen MR) is 51.3 cm³/mol. The van der Waals surface area contributed by atoms with Crippen molar-refractivity contribution in [1.29, 1.82) is 0 Å². The minimum Gasteiger partial charge on any atom is -0.308 e. The lowest BCUT2D eigenvalue weighted by atomic mass is 10.3. The molecule has 62 valence electrons. The van der Waals surface area contributed by atoms with Crippen molar-refractivity contribution in [1.82, 2.24) is 4.94 Å². The largest absolute Gasteiger partial charge is 0.308 e. The first-order valence-corrected chi connectivity index (χ1v) is 3.46. The van der Waals surface area contributed by atoms with Crippen LogP contribution in [0.15, 0.2) is 24.3 Å². The van der Waals surface area contributed by atoms with Gasteiger partial charge in [0.25, 0.3) is 0 Å². The summed E-state index contributed by atoms with van der Waals surface area (Å²) in [7, 11) is 0. The van der Waals surface area contributed by atoms with Gasteiger partial charge in [0.2, 0.25) is 0 Å². The number of rotatable bonds is 2. The highest BCUT2D eigenvalue weighted by molar-refractivity contribution is 6.30. The molecular formula is C6H7Cl3N2. The average molecular weight is 213 g/mol. The lowest BCUT2D eigenvalue weighted by Crippen LogP contribution is -2.07. The Morgan fingerprint density at radius 2 is 1.64 bits per heavy atom. The zero-order valence-electron chi connectivity index (χ0n) is 5.47. The summed E-state index contributed by atoms with van der Waals surface area (Å²) in [5.41, 5.74) is 3.57. The van der Waals surface area contributed by atoms with Crippen molar-refractivity contribution in [2.75, 3.05) is 5.43 Å². The molecule has 0 heterocycles. The molecule has 0 bridgehead atoms. The number of hydrogen-bond acceptors (Lipinski definition) is 2. The third-order valence-corrected chi connectivity index (χ3v) is 1.38. The maximum absolute atomic E-state index is 5.63. The molecule has 0 saturated heterocycles. The maximum atomic E-state index is 5.63. The van der Waals surface area contributed by atoms with Gasteiger partial charge in [-0.3, -0.25) is 0 Å². The normalized spacial score (nSPS) is 8.55. The van der Waals surface area contributed by atoms with Crippen LogP contribution < -0.4 is 10.4 Å². The molecule has 1 aromatic carbocycles. The van der Waals surface area contributed by atoms with Crippen molar-refractivity contribution >= 4 is 41.5 Å². The average Bonchev–Trinajstić information content (AvgIpc) is 1.95. The number of nitrogens with one attached hydrogen (secondary N) is 2. The van der Waals surface area contributed by atoms with Gasteiger partial charge in [0.1, 0.15) is 0 Å². The van der Waals surface area contributed by atoms with Crippen LogP contribution in [0.3, 0.4) is 0 Å². The Labute approximate surface area is 81.4 Å². The first kappa shape index (κ1) is 10.8. The second-order valence-corrected chi connectivity index (χ2v) is 2.35. The van der Waals surface area contributed by atoms with Crippen molar-refractivity contribution in [2.24, 2.45) is 0 Å². The Bertz CT molecular complexity index is 199. The van der Waals surface area contributed by atoms with E-state index in [4.69, 9.17) is 23.4 Å². The van der Waals surface area contributed by atoms with E-state index in [1.807, 2.05) is 12.1 Å². The van der Waals surface area contributed by atoms with E-state index in [0.29, 0.717) is 5.02 Å². The summed E-state index contributed by atoms with van der Waals surface area (Å²) in [5.74, 6) is 0. The van der Waals surface area contributed by atoms with Crippen LogP contribution in [0.5, 0.6) is 0 Å². The smallest absolute Gasteiger partial charge is 0.0501 e. The van der Waals surface area contributed by atoms with Gasteiger partial charge >= 0.3 is 0 Å². The highest BCUT2D eigenvalue weighted by Gasteiger charge is 1.87. The molecule has 1 aromatic rings. The summed E-state index contributed by atoms with van der Waals surface area (Å²) in [6.45, 7) is 0. The Hall–Kier alpha value is -0.150.